The van der Waals surface area contributed by atoms with E-state index >= 15 is 0 Å². The first-order valence-electron chi connectivity index (χ1n) is 10.6. The average Bonchev–Trinajstić information content (AvgIpc) is 2.64. The Kier molecular flexibility index (Phi) is 9.24. The van der Waals surface area contributed by atoms with Crippen LogP contribution in [0.3, 0.4) is 0 Å². The van der Waals surface area contributed by atoms with Crippen molar-refractivity contribution < 1.29 is 0 Å². The van der Waals surface area contributed by atoms with Crippen LogP contribution in [0.15, 0.2) is 42.0 Å². The van der Waals surface area contributed by atoms with Crippen molar-refractivity contribution in [1.82, 2.24) is 0 Å². The van der Waals surface area contributed by atoms with Gasteiger partial charge in [-0.2, -0.15) is 0 Å². The standard InChI is InChI=1S/C24H38/c1-3-5-11-22-17-19-24(20-18-22)23(15-6-4-2)16-10-14-21-12-8-7-9-13-21/h7-9,12-13,19,22-23H,3-6,10-11,14-18,20H2,1-2H3. The number of allylic oxidation sites excluding steroid dienone is 2. The summed E-state index contributed by atoms with van der Waals surface area (Å²) in [6.07, 6.45) is 19.2. The summed E-state index contributed by atoms with van der Waals surface area (Å²) in [6.45, 7) is 4.65. The molecule has 0 aromatic heterocycles. The molecule has 0 nitrogen and oxygen atoms in total. The molecule has 0 saturated heterocycles. The summed E-state index contributed by atoms with van der Waals surface area (Å²) in [4.78, 5) is 0. The molecule has 1 aromatic rings. The minimum absolute atomic E-state index is 0.862. The van der Waals surface area contributed by atoms with Crippen molar-refractivity contribution in [3.05, 3.63) is 47.5 Å². The van der Waals surface area contributed by atoms with Crippen molar-refractivity contribution in [2.24, 2.45) is 11.8 Å². The van der Waals surface area contributed by atoms with Crippen LogP contribution in [0.5, 0.6) is 0 Å². The fourth-order valence-electron chi connectivity index (χ4n) is 4.20. The highest BCUT2D eigenvalue weighted by Gasteiger charge is 2.20. The number of aryl methyl sites for hydroxylation is 1. The van der Waals surface area contributed by atoms with Gasteiger partial charge in [-0.05, 0) is 62.3 Å². The molecule has 0 amide bonds. The number of hydrogen-bond acceptors (Lipinski definition) is 0. The molecule has 1 aliphatic carbocycles. The fourth-order valence-corrected chi connectivity index (χ4v) is 4.20. The monoisotopic (exact) mass is 326 g/mol. The molecule has 0 aliphatic heterocycles. The van der Waals surface area contributed by atoms with Crippen LogP contribution in [0.25, 0.3) is 0 Å². The van der Waals surface area contributed by atoms with Crippen LogP contribution in [0.1, 0.15) is 90.0 Å². The van der Waals surface area contributed by atoms with Crippen LogP contribution in [0, 0.1) is 11.8 Å². The maximum atomic E-state index is 2.65. The van der Waals surface area contributed by atoms with E-state index in [4.69, 9.17) is 0 Å². The number of hydrogen-bond donors (Lipinski definition) is 0. The SMILES string of the molecule is CCCCC1CC=C(C(CCCC)CCCc2ccccc2)CC1. The third-order valence-corrected chi connectivity index (χ3v) is 5.81. The van der Waals surface area contributed by atoms with Crippen molar-refractivity contribution in [3.8, 4) is 0 Å². The molecule has 0 bridgehead atoms. The van der Waals surface area contributed by atoms with Crippen LogP contribution in [0.4, 0.5) is 0 Å². The molecule has 134 valence electrons. The molecule has 0 saturated carbocycles. The lowest BCUT2D eigenvalue weighted by Crippen LogP contribution is -2.13. The molecule has 0 fully saturated rings. The minimum Gasteiger partial charge on any atom is -0.0848 e. The van der Waals surface area contributed by atoms with Gasteiger partial charge in [0.15, 0.2) is 0 Å². The largest absolute Gasteiger partial charge is 0.0848 e. The summed E-state index contributed by atoms with van der Waals surface area (Å²) in [5, 5.41) is 0. The van der Waals surface area contributed by atoms with Crippen molar-refractivity contribution in [3.63, 3.8) is 0 Å². The van der Waals surface area contributed by atoms with Gasteiger partial charge in [0.05, 0.1) is 0 Å². The molecule has 0 N–H and O–H groups in total. The van der Waals surface area contributed by atoms with Crippen molar-refractivity contribution in [1.29, 1.82) is 0 Å². The molecule has 0 spiro atoms. The second-order valence-corrected chi connectivity index (χ2v) is 7.78. The maximum Gasteiger partial charge on any atom is -0.0203 e. The summed E-state index contributed by atoms with van der Waals surface area (Å²) in [5.41, 5.74) is 3.31. The van der Waals surface area contributed by atoms with E-state index < -0.39 is 0 Å². The Bertz CT molecular complexity index is 456. The van der Waals surface area contributed by atoms with E-state index in [1.807, 2.05) is 5.57 Å². The molecule has 0 radical (unpaired) electrons. The minimum atomic E-state index is 0.862. The average molecular weight is 327 g/mol. The Morgan fingerprint density at radius 1 is 0.958 bits per heavy atom. The summed E-state index contributed by atoms with van der Waals surface area (Å²) >= 11 is 0. The summed E-state index contributed by atoms with van der Waals surface area (Å²) in [7, 11) is 0. The summed E-state index contributed by atoms with van der Waals surface area (Å²) in [5.74, 6) is 1.84. The van der Waals surface area contributed by atoms with Crippen LogP contribution in [-0.2, 0) is 6.42 Å². The quantitative estimate of drug-likeness (QED) is 0.365. The molecule has 1 aromatic carbocycles. The molecule has 2 unspecified atom stereocenters. The van der Waals surface area contributed by atoms with Gasteiger partial charge in [0, 0.05) is 0 Å². The van der Waals surface area contributed by atoms with E-state index in [2.05, 4.69) is 50.3 Å². The lowest BCUT2D eigenvalue weighted by molar-refractivity contribution is 0.386. The molecule has 0 heteroatoms. The van der Waals surface area contributed by atoms with Gasteiger partial charge in [-0.1, -0.05) is 87.9 Å². The van der Waals surface area contributed by atoms with E-state index in [1.165, 1.54) is 82.6 Å². The number of rotatable bonds is 11. The highest BCUT2D eigenvalue weighted by molar-refractivity contribution is 5.15. The van der Waals surface area contributed by atoms with Gasteiger partial charge < -0.3 is 0 Å². The molecule has 2 atom stereocenters. The van der Waals surface area contributed by atoms with Gasteiger partial charge in [0.25, 0.3) is 0 Å². The molecule has 0 heterocycles. The Morgan fingerprint density at radius 3 is 2.38 bits per heavy atom. The Labute approximate surface area is 150 Å². The Morgan fingerprint density at radius 2 is 1.71 bits per heavy atom. The lowest BCUT2D eigenvalue weighted by atomic mass is 9.78. The highest BCUT2D eigenvalue weighted by atomic mass is 14.3. The van der Waals surface area contributed by atoms with E-state index in [0.29, 0.717) is 0 Å². The highest BCUT2D eigenvalue weighted by Crippen LogP contribution is 2.35. The first-order chi connectivity index (χ1) is 11.8. The Hall–Kier alpha value is -1.04. The normalized spacial score (nSPS) is 19.1. The van der Waals surface area contributed by atoms with E-state index in [9.17, 15) is 0 Å². The van der Waals surface area contributed by atoms with Gasteiger partial charge in [-0.3, -0.25) is 0 Å². The van der Waals surface area contributed by atoms with Gasteiger partial charge in [-0.25, -0.2) is 0 Å². The van der Waals surface area contributed by atoms with Crippen molar-refractivity contribution >= 4 is 0 Å². The predicted molar refractivity (Wildman–Crippen MR) is 107 cm³/mol. The topological polar surface area (TPSA) is 0 Å². The maximum absolute atomic E-state index is 2.65. The van der Waals surface area contributed by atoms with Gasteiger partial charge in [0.1, 0.15) is 0 Å². The van der Waals surface area contributed by atoms with E-state index in [0.717, 1.165) is 11.8 Å². The summed E-state index contributed by atoms with van der Waals surface area (Å²) in [6, 6.07) is 11.0. The number of unbranched alkanes of at least 4 members (excludes halogenated alkanes) is 2. The summed E-state index contributed by atoms with van der Waals surface area (Å²) < 4.78 is 0. The zero-order chi connectivity index (χ0) is 17.0. The van der Waals surface area contributed by atoms with E-state index in [1.54, 1.807) is 0 Å². The van der Waals surface area contributed by atoms with Gasteiger partial charge in [-0.15, -0.1) is 0 Å². The van der Waals surface area contributed by atoms with Gasteiger partial charge >= 0.3 is 0 Å². The van der Waals surface area contributed by atoms with Crippen LogP contribution in [0.2, 0.25) is 0 Å². The first kappa shape index (κ1) is 19.3. The van der Waals surface area contributed by atoms with Crippen molar-refractivity contribution in [2.45, 2.75) is 90.9 Å². The van der Waals surface area contributed by atoms with Crippen LogP contribution >= 0.6 is 0 Å². The van der Waals surface area contributed by atoms with Crippen LogP contribution in [-0.4, -0.2) is 0 Å². The predicted octanol–water partition coefficient (Wildman–Crippen LogP) is 7.73. The molecular formula is C24H38. The molecule has 24 heavy (non-hydrogen) atoms. The Balaban J connectivity index is 1.82. The second kappa shape index (κ2) is 11.5. The third kappa shape index (κ3) is 6.83. The van der Waals surface area contributed by atoms with E-state index in [-0.39, 0.29) is 0 Å². The fraction of sp³-hybridized carbons (Fsp3) is 0.667. The van der Waals surface area contributed by atoms with Crippen molar-refractivity contribution in [2.75, 3.05) is 0 Å². The zero-order valence-electron chi connectivity index (χ0n) is 16.1. The third-order valence-electron chi connectivity index (χ3n) is 5.81. The number of benzene rings is 1. The lowest BCUT2D eigenvalue weighted by Gasteiger charge is -2.27. The zero-order valence-corrected chi connectivity index (χ0v) is 16.1. The first-order valence-corrected chi connectivity index (χ1v) is 10.6. The second-order valence-electron chi connectivity index (χ2n) is 7.78. The smallest absolute Gasteiger partial charge is 0.0203 e. The molecule has 1 aliphatic rings. The molecule has 2 rings (SSSR count). The van der Waals surface area contributed by atoms with Crippen LogP contribution < -0.4 is 0 Å². The molecular weight excluding hydrogens is 288 g/mol. The van der Waals surface area contributed by atoms with Gasteiger partial charge in [0.2, 0.25) is 0 Å².